The number of hydrogen-bond donors (Lipinski definition) is 3. The van der Waals surface area contributed by atoms with Gasteiger partial charge < -0.3 is 16.0 Å². The van der Waals surface area contributed by atoms with Crippen molar-refractivity contribution < 1.29 is 9.59 Å². The molecule has 0 spiro atoms. The van der Waals surface area contributed by atoms with E-state index in [1.807, 2.05) is 54.7 Å². The number of aromatic nitrogens is 1. The van der Waals surface area contributed by atoms with E-state index in [0.29, 0.717) is 13.0 Å². The first-order chi connectivity index (χ1) is 13.2. The molecule has 0 aliphatic carbocycles. The minimum Gasteiger partial charge on any atom is -0.361 e. The van der Waals surface area contributed by atoms with E-state index in [4.69, 9.17) is 5.73 Å². The summed E-state index contributed by atoms with van der Waals surface area (Å²) in [7, 11) is 0. The molecule has 0 radical (unpaired) electrons. The first kappa shape index (κ1) is 17.3. The van der Waals surface area contributed by atoms with Gasteiger partial charge in [-0.15, -0.1) is 0 Å². The molecule has 1 atom stereocenters. The number of benzene rings is 2. The van der Waals surface area contributed by atoms with Gasteiger partial charge in [0.1, 0.15) is 6.04 Å². The number of fused-ring (bicyclic) bond motifs is 1. The van der Waals surface area contributed by atoms with Crippen molar-refractivity contribution in [3.63, 3.8) is 0 Å². The first-order valence-electron chi connectivity index (χ1n) is 9.10. The van der Waals surface area contributed by atoms with E-state index in [1.54, 1.807) is 0 Å². The summed E-state index contributed by atoms with van der Waals surface area (Å²) in [6.07, 6.45) is 3.25. The van der Waals surface area contributed by atoms with Crippen LogP contribution in [-0.2, 0) is 24.2 Å². The van der Waals surface area contributed by atoms with E-state index >= 15 is 0 Å². The number of carbonyl (C=O) groups is 2. The van der Waals surface area contributed by atoms with Crippen molar-refractivity contribution in [3.8, 4) is 0 Å². The number of hydrogen-bond acceptors (Lipinski definition) is 3. The highest BCUT2D eigenvalue weighted by Gasteiger charge is 2.37. The first-order valence-corrected chi connectivity index (χ1v) is 9.10. The van der Waals surface area contributed by atoms with Crippen molar-refractivity contribution in [1.29, 1.82) is 0 Å². The van der Waals surface area contributed by atoms with Crippen molar-refractivity contribution >= 4 is 22.8 Å². The van der Waals surface area contributed by atoms with E-state index in [9.17, 15) is 9.59 Å². The van der Waals surface area contributed by atoms with Crippen LogP contribution >= 0.6 is 0 Å². The molecular formula is C21H22N4O2. The van der Waals surface area contributed by atoms with Crippen molar-refractivity contribution in [1.82, 2.24) is 15.2 Å². The Labute approximate surface area is 157 Å². The molecule has 1 aromatic heterocycles. The summed E-state index contributed by atoms with van der Waals surface area (Å²) >= 11 is 0. The van der Waals surface area contributed by atoms with E-state index in [1.165, 1.54) is 4.90 Å². The highest BCUT2D eigenvalue weighted by Crippen LogP contribution is 2.22. The summed E-state index contributed by atoms with van der Waals surface area (Å²) in [5.74, 6) is -0.180. The average Bonchev–Trinajstić information content (AvgIpc) is 3.19. The largest absolute Gasteiger partial charge is 0.361 e. The third-order valence-electron chi connectivity index (χ3n) is 4.98. The molecule has 3 aromatic rings. The van der Waals surface area contributed by atoms with Gasteiger partial charge in [-0.2, -0.15) is 0 Å². The average molecular weight is 362 g/mol. The molecule has 1 fully saturated rings. The van der Waals surface area contributed by atoms with Crippen molar-refractivity contribution in [2.75, 3.05) is 6.54 Å². The third kappa shape index (κ3) is 3.44. The van der Waals surface area contributed by atoms with Crippen LogP contribution in [0.3, 0.4) is 0 Å². The summed E-state index contributed by atoms with van der Waals surface area (Å²) in [6, 6.07) is 14.8. The number of rotatable bonds is 6. The Balaban J connectivity index is 1.52. The Kier molecular flexibility index (Phi) is 4.64. The Morgan fingerprint density at radius 1 is 1.04 bits per heavy atom. The van der Waals surface area contributed by atoms with Crippen LogP contribution in [0, 0.1) is 0 Å². The smallest absolute Gasteiger partial charge is 0.325 e. The monoisotopic (exact) mass is 362 g/mol. The molecule has 1 unspecified atom stereocenters. The van der Waals surface area contributed by atoms with Gasteiger partial charge in [-0.1, -0.05) is 36.4 Å². The molecule has 6 heteroatoms. The van der Waals surface area contributed by atoms with Gasteiger partial charge >= 0.3 is 6.03 Å². The minimum absolute atomic E-state index is 0.180. The molecule has 27 heavy (non-hydrogen) atoms. The van der Waals surface area contributed by atoms with Crippen molar-refractivity contribution in [2.24, 2.45) is 5.73 Å². The lowest BCUT2D eigenvalue weighted by Crippen LogP contribution is -2.32. The lowest BCUT2D eigenvalue weighted by atomic mass is 10.1. The number of nitrogens with two attached hydrogens (primary N) is 1. The fraction of sp³-hybridized carbons (Fsp3) is 0.238. The number of carbonyl (C=O) groups excluding carboxylic acids is 2. The molecule has 138 valence electrons. The summed E-state index contributed by atoms with van der Waals surface area (Å²) in [5.41, 5.74) is 9.80. The van der Waals surface area contributed by atoms with Gasteiger partial charge in [0, 0.05) is 23.5 Å². The lowest BCUT2D eigenvalue weighted by Gasteiger charge is -2.13. The molecule has 1 aliphatic heterocycles. The zero-order valence-electron chi connectivity index (χ0n) is 14.9. The summed E-state index contributed by atoms with van der Waals surface area (Å²) < 4.78 is 0. The number of imide groups is 1. The lowest BCUT2D eigenvalue weighted by molar-refractivity contribution is -0.127. The molecule has 1 saturated heterocycles. The molecule has 3 amide bonds. The summed E-state index contributed by atoms with van der Waals surface area (Å²) in [6.45, 7) is 0.838. The zero-order chi connectivity index (χ0) is 18.8. The SMILES string of the molecule is NCCc1c[nH]c2ccc(CN3C(=O)NC(Cc4ccccc4)C3=O)cc12. The zero-order valence-corrected chi connectivity index (χ0v) is 14.9. The third-order valence-corrected chi connectivity index (χ3v) is 4.98. The topological polar surface area (TPSA) is 91.2 Å². The quantitative estimate of drug-likeness (QED) is 0.588. The molecule has 2 heterocycles. The van der Waals surface area contributed by atoms with Crippen LogP contribution in [0.25, 0.3) is 10.9 Å². The highest BCUT2D eigenvalue weighted by atomic mass is 16.2. The second-order valence-corrected chi connectivity index (χ2v) is 6.85. The number of nitrogens with zero attached hydrogens (tertiary/aromatic N) is 1. The van der Waals surface area contributed by atoms with Crippen LogP contribution in [-0.4, -0.2) is 34.4 Å². The number of nitrogens with one attached hydrogen (secondary N) is 2. The van der Waals surface area contributed by atoms with E-state index in [0.717, 1.165) is 34.0 Å². The van der Waals surface area contributed by atoms with Gasteiger partial charge in [0.15, 0.2) is 0 Å². The van der Waals surface area contributed by atoms with Crippen LogP contribution in [0.4, 0.5) is 4.79 Å². The fourth-order valence-corrected chi connectivity index (χ4v) is 3.58. The Bertz CT molecular complexity index is 980. The molecule has 2 aromatic carbocycles. The molecule has 0 bridgehead atoms. The molecule has 6 nitrogen and oxygen atoms in total. The number of amides is 3. The molecule has 1 aliphatic rings. The molecule has 4 rings (SSSR count). The molecule has 4 N–H and O–H groups in total. The second-order valence-electron chi connectivity index (χ2n) is 6.85. The van der Waals surface area contributed by atoms with Gasteiger partial charge in [-0.25, -0.2) is 4.79 Å². The number of urea groups is 1. The maximum atomic E-state index is 12.7. The van der Waals surface area contributed by atoms with E-state index in [2.05, 4.69) is 10.3 Å². The van der Waals surface area contributed by atoms with Gasteiger partial charge in [0.05, 0.1) is 6.54 Å². The van der Waals surface area contributed by atoms with Crippen LogP contribution < -0.4 is 11.1 Å². The summed E-state index contributed by atoms with van der Waals surface area (Å²) in [4.78, 5) is 29.6. The normalized spacial score (nSPS) is 16.9. The van der Waals surface area contributed by atoms with Gasteiger partial charge in [0.25, 0.3) is 5.91 Å². The molecule has 0 saturated carbocycles. The predicted molar refractivity (Wildman–Crippen MR) is 104 cm³/mol. The van der Waals surface area contributed by atoms with Gasteiger partial charge in [0.2, 0.25) is 0 Å². The predicted octanol–water partition coefficient (Wildman–Crippen LogP) is 2.33. The van der Waals surface area contributed by atoms with Crippen LogP contribution in [0.2, 0.25) is 0 Å². The fourth-order valence-electron chi connectivity index (χ4n) is 3.58. The Morgan fingerprint density at radius 2 is 1.85 bits per heavy atom. The second kappa shape index (κ2) is 7.25. The Morgan fingerprint density at radius 3 is 2.63 bits per heavy atom. The van der Waals surface area contributed by atoms with Crippen LogP contribution in [0.1, 0.15) is 16.7 Å². The van der Waals surface area contributed by atoms with Gasteiger partial charge in [-0.3, -0.25) is 9.69 Å². The van der Waals surface area contributed by atoms with E-state index < -0.39 is 6.04 Å². The Hall–Kier alpha value is -3.12. The van der Waals surface area contributed by atoms with Crippen LogP contribution in [0.15, 0.2) is 54.7 Å². The molecular weight excluding hydrogens is 340 g/mol. The van der Waals surface area contributed by atoms with Gasteiger partial charge in [-0.05, 0) is 41.8 Å². The maximum absolute atomic E-state index is 12.7. The maximum Gasteiger partial charge on any atom is 0.325 e. The summed E-state index contributed by atoms with van der Waals surface area (Å²) in [5, 5.41) is 3.89. The van der Waals surface area contributed by atoms with Crippen LogP contribution in [0.5, 0.6) is 0 Å². The standard InChI is InChI=1S/C21H22N4O2/c22-9-8-16-12-23-18-7-6-15(10-17(16)18)13-25-20(26)19(24-21(25)27)11-14-4-2-1-3-5-14/h1-7,10,12,19,23H,8-9,11,13,22H2,(H,24,27). The van der Waals surface area contributed by atoms with Crippen molar-refractivity contribution in [2.45, 2.75) is 25.4 Å². The number of H-pyrrole nitrogens is 1. The number of aromatic amines is 1. The minimum atomic E-state index is -0.510. The highest BCUT2D eigenvalue weighted by molar-refractivity contribution is 6.04. The van der Waals surface area contributed by atoms with Crippen molar-refractivity contribution in [3.05, 3.63) is 71.4 Å². The van der Waals surface area contributed by atoms with E-state index in [-0.39, 0.29) is 18.5 Å².